The lowest BCUT2D eigenvalue weighted by molar-refractivity contribution is -0.385. The Morgan fingerprint density at radius 3 is 2.55 bits per heavy atom. The molecule has 2 aromatic rings. The second-order valence-electron chi connectivity index (χ2n) is 4.36. The summed E-state index contributed by atoms with van der Waals surface area (Å²) >= 11 is 5.89. The smallest absolute Gasteiger partial charge is 0.276 e. The SMILES string of the molecule is Cc1cc(C)c([N+](=O)[O-])cc1Oc1ncnc(Cl)c1C. The first-order valence-corrected chi connectivity index (χ1v) is 6.18. The van der Waals surface area contributed by atoms with Gasteiger partial charge in [0.2, 0.25) is 5.88 Å². The van der Waals surface area contributed by atoms with Crippen molar-refractivity contribution in [3.05, 3.63) is 50.4 Å². The van der Waals surface area contributed by atoms with Gasteiger partial charge >= 0.3 is 0 Å². The fourth-order valence-corrected chi connectivity index (χ4v) is 1.87. The van der Waals surface area contributed by atoms with Gasteiger partial charge in [-0.1, -0.05) is 11.6 Å². The van der Waals surface area contributed by atoms with Gasteiger partial charge in [0, 0.05) is 11.1 Å². The van der Waals surface area contributed by atoms with Gasteiger partial charge in [-0.05, 0) is 32.4 Å². The monoisotopic (exact) mass is 293 g/mol. The predicted molar refractivity (Wildman–Crippen MR) is 74.4 cm³/mol. The number of rotatable bonds is 3. The largest absolute Gasteiger partial charge is 0.438 e. The maximum Gasteiger partial charge on any atom is 0.276 e. The molecule has 0 saturated carbocycles. The van der Waals surface area contributed by atoms with Crippen molar-refractivity contribution in [1.82, 2.24) is 9.97 Å². The third kappa shape index (κ3) is 2.70. The van der Waals surface area contributed by atoms with Crippen molar-refractivity contribution in [2.45, 2.75) is 20.8 Å². The molecule has 0 saturated heterocycles. The van der Waals surface area contributed by atoms with Crippen LogP contribution in [0.15, 0.2) is 18.5 Å². The Kier molecular flexibility index (Phi) is 3.85. The molecular weight excluding hydrogens is 282 g/mol. The quantitative estimate of drug-likeness (QED) is 0.489. The summed E-state index contributed by atoms with van der Waals surface area (Å²) in [5, 5.41) is 11.2. The average molecular weight is 294 g/mol. The van der Waals surface area contributed by atoms with E-state index < -0.39 is 4.92 Å². The summed E-state index contributed by atoms with van der Waals surface area (Å²) in [6, 6.07) is 3.09. The maximum atomic E-state index is 11.0. The van der Waals surface area contributed by atoms with Gasteiger partial charge in [-0.3, -0.25) is 10.1 Å². The van der Waals surface area contributed by atoms with E-state index in [9.17, 15) is 10.1 Å². The number of benzene rings is 1. The molecule has 2 rings (SSSR count). The van der Waals surface area contributed by atoms with Crippen molar-refractivity contribution in [2.75, 3.05) is 0 Å². The number of hydrogen-bond donors (Lipinski definition) is 0. The molecule has 0 amide bonds. The van der Waals surface area contributed by atoms with Crippen LogP contribution in [0, 0.1) is 30.9 Å². The normalized spacial score (nSPS) is 10.4. The van der Waals surface area contributed by atoms with Crippen LogP contribution >= 0.6 is 11.6 Å². The third-order valence-corrected chi connectivity index (χ3v) is 3.25. The summed E-state index contributed by atoms with van der Waals surface area (Å²) < 4.78 is 5.63. The van der Waals surface area contributed by atoms with Crippen molar-refractivity contribution in [3.63, 3.8) is 0 Å². The summed E-state index contributed by atoms with van der Waals surface area (Å²) in [6.07, 6.45) is 1.28. The first kappa shape index (κ1) is 14.2. The Bertz CT molecular complexity index is 689. The number of aromatic nitrogens is 2. The highest BCUT2D eigenvalue weighted by Gasteiger charge is 2.16. The molecule has 0 aliphatic rings. The molecule has 0 aliphatic heterocycles. The Labute approximate surface area is 120 Å². The van der Waals surface area contributed by atoms with Gasteiger partial charge < -0.3 is 4.74 Å². The maximum absolute atomic E-state index is 11.0. The third-order valence-electron chi connectivity index (χ3n) is 2.87. The van der Waals surface area contributed by atoms with Crippen LogP contribution in [0.1, 0.15) is 16.7 Å². The molecule has 1 heterocycles. The fraction of sp³-hybridized carbons (Fsp3) is 0.231. The van der Waals surface area contributed by atoms with E-state index in [0.717, 1.165) is 5.56 Å². The first-order valence-electron chi connectivity index (χ1n) is 5.80. The van der Waals surface area contributed by atoms with E-state index in [4.69, 9.17) is 16.3 Å². The lowest BCUT2D eigenvalue weighted by atomic mass is 10.1. The summed E-state index contributed by atoms with van der Waals surface area (Å²) in [7, 11) is 0. The van der Waals surface area contributed by atoms with Crippen molar-refractivity contribution >= 4 is 17.3 Å². The van der Waals surface area contributed by atoms with Crippen molar-refractivity contribution in [1.29, 1.82) is 0 Å². The van der Waals surface area contributed by atoms with Gasteiger partial charge in [0.1, 0.15) is 17.2 Å². The second kappa shape index (κ2) is 5.42. The van der Waals surface area contributed by atoms with E-state index >= 15 is 0 Å². The molecule has 0 unspecified atom stereocenters. The minimum atomic E-state index is -0.443. The molecule has 104 valence electrons. The second-order valence-corrected chi connectivity index (χ2v) is 4.72. The highest BCUT2D eigenvalue weighted by Crippen LogP contribution is 2.32. The zero-order valence-corrected chi connectivity index (χ0v) is 11.9. The minimum Gasteiger partial charge on any atom is -0.438 e. The molecule has 0 fully saturated rings. The number of nitro groups is 1. The van der Waals surface area contributed by atoms with E-state index in [-0.39, 0.29) is 16.7 Å². The molecule has 1 aromatic carbocycles. The lowest BCUT2D eigenvalue weighted by Crippen LogP contribution is -1.98. The van der Waals surface area contributed by atoms with Gasteiger partial charge in [-0.25, -0.2) is 9.97 Å². The van der Waals surface area contributed by atoms with Crippen LogP contribution < -0.4 is 4.74 Å². The van der Waals surface area contributed by atoms with Crippen LogP contribution in [0.3, 0.4) is 0 Å². The molecular formula is C13H12ClN3O3. The Morgan fingerprint density at radius 2 is 1.90 bits per heavy atom. The zero-order valence-electron chi connectivity index (χ0n) is 11.2. The lowest BCUT2D eigenvalue weighted by Gasteiger charge is -2.11. The number of hydrogen-bond acceptors (Lipinski definition) is 5. The molecule has 1 aromatic heterocycles. The average Bonchev–Trinajstić information content (AvgIpc) is 2.37. The van der Waals surface area contributed by atoms with Crippen LogP contribution in [0.5, 0.6) is 11.6 Å². The van der Waals surface area contributed by atoms with Crippen LogP contribution in [0.2, 0.25) is 5.15 Å². The molecule has 0 spiro atoms. The van der Waals surface area contributed by atoms with Crippen molar-refractivity contribution < 1.29 is 9.66 Å². The number of nitrogens with zero attached hydrogens (tertiary/aromatic N) is 3. The van der Waals surface area contributed by atoms with E-state index in [1.54, 1.807) is 19.9 Å². The predicted octanol–water partition coefficient (Wildman–Crippen LogP) is 3.76. The van der Waals surface area contributed by atoms with Gasteiger partial charge in [-0.15, -0.1) is 0 Å². The highest BCUT2D eigenvalue weighted by atomic mass is 35.5. The number of aryl methyl sites for hydroxylation is 2. The van der Waals surface area contributed by atoms with Crippen molar-refractivity contribution in [3.8, 4) is 11.6 Å². The summed E-state index contributed by atoms with van der Waals surface area (Å²) in [5.74, 6) is 0.659. The number of ether oxygens (including phenoxy) is 1. The molecule has 7 heteroatoms. The summed E-state index contributed by atoms with van der Waals surface area (Å²) in [4.78, 5) is 18.3. The van der Waals surface area contributed by atoms with E-state index in [0.29, 0.717) is 16.9 Å². The molecule has 0 aliphatic carbocycles. The van der Waals surface area contributed by atoms with Crippen LogP contribution in [0.25, 0.3) is 0 Å². The van der Waals surface area contributed by atoms with Gasteiger partial charge in [0.25, 0.3) is 5.69 Å². The standard InChI is InChI=1S/C13H12ClN3O3/c1-7-4-8(2)11(5-10(7)17(18)19)20-13-9(3)12(14)15-6-16-13/h4-6H,1-3H3. The van der Waals surface area contributed by atoms with Crippen LogP contribution in [-0.2, 0) is 0 Å². The Hall–Kier alpha value is -2.21. The van der Waals surface area contributed by atoms with E-state index in [2.05, 4.69) is 9.97 Å². The molecule has 0 bridgehead atoms. The van der Waals surface area contributed by atoms with Crippen molar-refractivity contribution in [2.24, 2.45) is 0 Å². The minimum absolute atomic E-state index is 0.00315. The molecule has 0 atom stereocenters. The summed E-state index contributed by atoms with van der Waals surface area (Å²) in [6.45, 7) is 5.21. The Balaban J connectivity index is 2.46. The van der Waals surface area contributed by atoms with Gasteiger partial charge in [-0.2, -0.15) is 0 Å². The van der Waals surface area contributed by atoms with Gasteiger partial charge in [0.05, 0.1) is 11.0 Å². The van der Waals surface area contributed by atoms with E-state index in [1.807, 2.05) is 6.92 Å². The number of nitro benzene ring substituents is 1. The molecule has 0 N–H and O–H groups in total. The zero-order chi connectivity index (χ0) is 14.9. The molecule has 0 radical (unpaired) electrons. The molecule has 20 heavy (non-hydrogen) atoms. The number of halogens is 1. The highest BCUT2D eigenvalue weighted by molar-refractivity contribution is 6.30. The van der Waals surface area contributed by atoms with Crippen LogP contribution in [-0.4, -0.2) is 14.9 Å². The van der Waals surface area contributed by atoms with Gasteiger partial charge in [0.15, 0.2) is 0 Å². The fourth-order valence-electron chi connectivity index (χ4n) is 1.75. The van der Waals surface area contributed by atoms with E-state index in [1.165, 1.54) is 12.4 Å². The topological polar surface area (TPSA) is 78.2 Å². The Morgan fingerprint density at radius 1 is 1.20 bits per heavy atom. The molecule has 6 nitrogen and oxygen atoms in total. The van der Waals surface area contributed by atoms with Crippen LogP contribution in [0.4, 0.5) is 5.69 Å². The first-order chi connectivity index (χ1) is 9.40. The summed E-state index contributed by atoms with van der Waals surface area (Å²) in [5.41, 5.74) is 1.94.